The molecule has 1 aromatic heterocycles. The molecule has 0 aliphatic carbocycles. The van der Waals surface area contributed by atoms with Crippen LogP contribution in [0.15, 0.2) is 12.3 Å². The largest absolute Gasteiger partial charge is 0.355 e. The highest BCUT2D eigenvalue weighted by Crippen LogP contribution is 2.25. The minimum absolute atomic E-state index is 0.541. The van der Waals surface area contributed by atoms with Gasteiger partial charge in [0.15, 0.2) is 5.82 Å². The van der Waals surface area contributed by atoms with Crippen molar-refractivity contribution in [3.05, 3.63) is 17.8 Å². The summed E-state index contributed by atoms with van der Waals surface area (Å²) >= 11 is 0. The van der Waals surface area contributed by atoms with Crippen LogP contribution in [0.4, 0.5) is 5.82 Å². The molecule has 4 nitrogen and oxygen atoms in total. The summed E-state index contributed by atoms with van der Waals surface area (Å²) in [6, 6.07) is 1.98. The molecule has 0 spiro atoms. The summed E-state index contributed by atoms with van der Waals surface area (Å²) in [4.78, 5) is 2.37. The highest BCUT2D eigenvalue weighted by molar-refractivity contribution is 5.45. The molecule has 1 aromatic rings. The summed E-state index contributed by atoms with van der Waals surface area (Å²) in [5.41, 5.74) is 6.89. The molecule has 0 radical (unpaired) electrons. The first-order chi connectivity index (χ1) is 8.85. The molecule has 0 amide bonds. The van der Waals surface area contributed by atoms with Crippen LogP contribution in [-0.4, -0.2) is 23.3 Å². The lowest BCUT2D eigenvalue weighted by molar-refractivity contribution is 0.435. The summed E-state index contributed by atoms with van der Waals surface area (Å²) in [7, 11) is 0. The molecule has 0 saturated carbocycles. The molecular formula is C14H24N4. The van der Waals surface area contributed by atoms with E-state index in [9.17, 15) is 0 Å². The Morgan fingerprint density at radius 2 is 2.28 bits per heavy atom. The van der Waals surface area contributed by atoms with Crippen LogP contribution in [0, 0.1) is 5.92 Å². The van der Waals surface area contributed by atoms with Gasteiger partial charge in [-0.2, -0.15) is 5.10 Å². The predicted octanol–water partition coefficient (Wildman–Crippen LogP) is 2.34. The Morgan fingerprint density at radius 3 is 3.06 bits per heavy atom. The average molecular weight is 248 g/mol. The Bertz CT molecular complexity index is 367. The topological polar surface area (TPSA) is 55.0 Å². The van der Waals surface area contributed by atoms with Crippen molar-refractivity contribution < 1.29 is 0 Å². The second-order valence-electron chi connectivity index (χ2n) is 5.16. The van der Waals surface area contributed by atoms with Crippen LogP contribution in [0.25, 0.3) is 0 Å². The van der Waals surface area contributed by atoms with Crippen molar-refractivity contribution >= 4 is 5.82 Å². The third kappa shape index (κ3) is 3.19. The Kier molecular flexibility index (Phi) is 4.93. The maximum Gasteiger partial charge on any atom is 0.155 e. The first kappa shape index (κ1) is 13.3. The van der Waals surface area contributed by atoms with Crippen molar-refractivity contribution in [3.8, 4) is 0 Å². The zero-order valence-corrected chi connectivity index (χ0v) is 11.3. The molecular weight excluding hydrogens is 224 g/mol. The molecule has 1 aliphatic heterocycles. The first-order valence-electron chi connectivity index (χ1n) is 7.10. The van der Waals surface area contributed by atoms with Crippen LogP contribution >= 0.6 is 0 Å². The minimum atomic E-state index is 0.541. The fourth-order valence-corrected chi connectivity index (χ4v) is 2.85. The van der Waals surface area contributed by atoms with Gasteiger partial charge in [-0.3, -0.25) is 0 Å². The van der Waals surface area contributed by atoms with E-state index in [1.807, 2.05) is 6.07 Å². The molecule has 18 heavy (non-hydrogen) atoms. The minimum Gasteiger partial charge on any atom is -0.355 e. The van der Waals surface area contributed by atoms with Crippen molar-refractivity contribution in [1.29, 1.82) is 0 Å². The summed E-state index contributed by atoms with van der Waals surface area (Å²) in [6.07, 6.45) is 8.26. The van der Waals surface area contributed by atoms with E-state index in [-0.39, 0.29) is 0 Å². The number of hydrogen-bond donors (Lipinski definition) is 1. The normalized spacial score (nSPS) is 20.8. The monoisotopic (exact) mass is 248 g/mol. The number of hydrogen-bond acceptors (Lipinski definition) is 4. The molecule has 2 N–H and O–H groups in total. The second kappa shape index (κ2) is 6.69. The molecule has 1 saturated heterocycles. The van der Waals surface area contributed by atoms with Crippen LogP contribution in [0.5, 0.6) is 0 Å². The van der Waals surface area contributed by atoms with Crippen LogP contribution < -0.4 is 10.6 Å². The average Bonchev–Trinajstić information content (AvgIpc) is 2.65. The van der Waals surface area contributed by atoms with Gasteiger partial charge in [0, 0.05) is 25.2 Å². The molecule has 1 unspecified atom stereocenters. The molecule has 1 fully saturated rings. The zero-order valence-electron chi connectivity index (χ0n) is 11.3. The predicted molar refractivity (Wildman–Crippen MR) is 74.4 cm³/mol. The van der Waals surface area contributed by atoms with Gasteiger partial charge in [-0.1, -0.05) is 19.8 Å². The SMILES string of the molecule is CCCC1CCCN(c2nnccc2CN)CC1. The first-order valence-corrected chi connectivity index (χ1v) is 7.10. The Labute approximate surface area is 110 Å². The van der Waals surface area contributed by atoms with Gasteiger partial charge in [0.1, 0.15) is 0 Å². The fraction of sp³-hybridized carbons (Fsp3) is 0.714. The third-order valence-corrected chi connectivity index (χ3v) is 3.85. The molecule has 0 bridgehead atoms. The molecule has 2 rings (SSSR count). The molecule has 100 valence electrons. The van der Waals surface area contributed by atoms with E-state index in [0.29, 0.717) is 6.54 Å². The van der Waals surface area contributed by atoms with Crippen molar-refractivity contribution in [1.82, 2.24) is 10.2 Å². The summed E-state index contributed by atoms with van der Waals surface area (Å²) in [6.45, 7) is 5.00. The van der Waals surface area contributed by atoms with Gasteiger partial charge in [0.05, 0.1) is 6.20 Å². The van der Waals surface area contributed by atoms with Crippen molar-refractivity contribution in [2.45, 2.75) is 45.6 Å². The molecule has 0 aromatic carbocycles. The lowest BCUT2D eigenvalue weighted by Crippen LogP contribution is -2.27. The summed E-state index contributed by atoms with van der Waals surface area (Å²) < 4.78 is 0. The Balaban J connectivity index is 2.05. The van der Waals surface area contributed by atoms with Gasteiger partial charge >= 0.3 is 0 Å². The van der Waals surface area contributed by atoms with E-state index in [1.54, 1.807) is 6.20 Å². The van der Waals surface area contributed by atoms with E-state index in [1.165, 1.54) is 32.1 Å². The second-order valence-corrected chi connectivity index (χ2v) is 5.16. The van der Waals surface area contributed by atoms with Crippen LogP contribution in [-0.2, 0) is 6.54 Å². The Morgan fingerprint density at radius 1 is 1.39 bits per heavy atom. The van der Waals surface area contributed by atoms with E-state index in [0.717, 1.165) is 30.4 Å². The highest BCUT2D eigenvalue weighted by Gasteiger charge is 2.19. The van der Waals surface area contributed by atoms with Crippen molar-refractivity contribution in [2.75, 3.05) is 18.0 Å². The number of nitrogens with zero attached hydrogens (tertiary/aromatic N) is 3. The van der Waals surface area contributed by atoms with E-state index >= 15 is 0 Å². The van der Waals surface area contributed by atoms with Gasteiger partial charge in [-0.05, 0) is 31.2 Å². The van der Waals surface area contributed by atoms with Gasteiger partial charge in [-0.15, -0.1) is 5.10 Å². The fourth-order valence-electron chi connectivity index (χ4n) is 2.85. The third-order valence-electron chi connectivity index (χ3n) is 3.85. The molecule has 1 aliphatic rings. The zero-order chi connectivity index (χ0) is 12.8. The molecule has 1 atom stereocenters. The maximum absolute atomic E-state index is 5.78. The lowest BCUT2D eigenvalue weighted by Gasteiger charge is -2.23. The van der Waals surface area contributed by atoms with E-state index in [4.69, 9.17) is 5.73 Å². The van der Waals surface area contributed by atoms with Crippen molar-refractivity contribution in [2.24, 2.45) is 11.7 Å². The quantitative estimate of drug-likeness (QED) is 0.888. The summed E-state index contributed by atoms with van der Waals surface area (Å²) in [5, 5.41) is 8.29. The standard InChI is InChI=1S/C14H24N4/c1-2-4-12-5-3-9-18(10-7-12)14-13(11-15)6-8-16-17-14/h6,8,12H,2-5,7,9-11,15H2,1H3. The van der Waals surface area contributed by atoms with Crippen LogP contribution in [0.2, 0.25) is 0 Å². The van der Waals surface area contributed by atoms with E-state index < -0.39 is 0 Å². The summed E-state index contributed by atoms with van der Waals surface area (Å²) in [5.74, 6) is 1.88. The lowest BCUT2D eigenvalue weighted by atomic mass is 9.96. The van der Waals surface area contributed by atoms with Gasteiger partial charge in [0.25, 0.3) is 0 Å². The van der Waals surface area contributed by atoms with E-state index in [2.05, 4.69) is 22.0 Å². The molecule has 2 heterocycles. The number of anilines is 1. The number of rotatable bonds is 4. The number of aromatic nitrogens is 2. The van der Waals surface area contributed by atoms with Gasteiger partial charge < -0.3 is 10.6 Å². The van der Waals surface area contributed by atoms with Crippen molar-refractivity contribution in [3.63, 3.8) is 0 Å². The van der Waals surface area contributed by atoms with Crippen LogP contribution in [0.1, 0.15) is 44.6 Å². The Hall–Kier alpha value is -1.16. The highest BCUT2D eigenvalue weighted by atomic mass is 15.3. The van der Waals surface area contributed by atoms with Gasteiger partial charge in [-0.25, -0.2) is 0 Å². The molecule has 4 heteroatoms. The van der Waals surface area contributed by atoms with Gasteiger partial charge in [0.2, 0.25) is 0 Å². The maximum atomic E-state index is 5.78. The number of nitrogens with two attached hydrogens (primary N) is 1. The smallest absolute Gasteiger partial charge is 0.155 e. The van der Waals surface area contributed by atoms with Crippen LogP contribution in [0.3, 0.4) is 0 Å².